The van der Waals surface area contributed by atoms with Gasteiger partial charge in [0.25, 0.3) is 5.91 Å². The first-order chi connectivity index (χ1) is 16.9. The van der Waals surface area contributed by atoms with E-state index in [1.165, 1.54) is 5.56 Å². The van der Waals surface area contributed by atoms with E-state index in [1.54, 1.807) is 6.20 Å². The van der Waals surface area contributed by atoms with Crippen LogP contribution in [0.1, 0.15) is 65.2 Å². The molecule has 2 aromatic rings. The second-order valence-electron chi connectivity index (χ2n) is 11.1. The summed E-state index contributed by atoms with van der Waals surface area (Å²) in [6, 6.07) is 12.4. The smallest absolute Gasteiger partial charge is 0.255 e. The molecule has 1 saturated carbocycles. The van der Waals surface area contributed by atoms with Crippen molar-refractivity contribution in [3.63, 3.8) is 0 Å². The second kappa shape index (κ2) is 9.73. The van der Waals surface area contributed by atoms with E-state index >= 15 is 0 Å². The van der Waals surface area contributed by atoms with Gasteiger partial charge in [-0.2, -0.15) is 0 Å². The van der Waals surface area contributed by atoms with Gasteiger partial charge in [0, 0.05) is 32.4 Å². The molecule has 5 rings (SSSR count). The van der Waals surface area contributed by atoms with Gasteiger partial charge < -0.3 is 15.5 Å². The van der Waals surface area contributed by atoms with Gasteiger partial charge in [0.15, 0.2) is 0 Å². The third-order valence-corrected chi connectivity index (χ3v) is 9.00. The Labute approximate surface area is 208 Å². The SMILES string of the molecule is Cc1ccnc(C)c1C(=O)N1CC2CN(CC[C@@H](c3ccccc3)C3(C(N)=O)CCCC3)CC2C1. The van der Waals surface area contributed by atoms with Gasteiger partial charge in [-0.05, 0) is 74.6 Å². The topological polar surface area (TPSA) is 79.5 Å². The average Bonchev–Trinajstić information content (AvgIpc) is 3.56. The molecule has 3 atom stereocenters. The van der Waals surface area contributed by atoms with Gasteiger partial charge in [-0.1, -0.05) is 43.2 Å². The molecule has 1 aromatic heterocycles. The van der Waals surface area contributed by atoms with Crippen LogP contribution < -0.4 is 5.73 Å². The van der Waals surface area contributed by atoms with Crippen LogP contribution in [0.5, 0.6) is 0 Å². The lowest BCUT2D eigenvalue weighted by molar-refractivity contribution is -0.129. The molecule has 6 heteroatoms. The van der Waals surface area contributed by atoms with Gasteiger partial charge >= 0.3 is 0 Å². The summed E-state index contributed by atoms with van der Waals surface area (Å²) in [5, 5.41) is 0. The van der Waals surface area contributed by atoms with Crippen LogP contribution in [0.2, 0.25) is 0 Å². The van der Waals surface area contributed by atoms with Crippen LogP contribution in [0.3, 0.4) is 0 Å². The molecule has 0 spiro atoms. The van der Waals surface area contributed by atoms with Gasteiger partial charge in [0.2, 0.25) is 5.91 Å². The van der Waals surface area contributed by atoms with Crippen molar-refractivity contribution in [1.82, 2.24) is 14.8 Å². The number of likely N-dealkylation sites (tertiary alicyclic amines) is 2. The molecule has 2 saturated heterocycles. The summed E-state index contributed by atoms with van der Waals surface area (Å²) in [5.74, 6) is 1.20. The van der Waals surface area contributed by atoms with Crippen molar-refractivity contribution < 1.29 is 9.59 Å². The summed E-state index contributed by atoms with van der Waals surface area (Å²) in [4.78, 5) is 34.9. The maximum absolute atomic E-state index is 13.2. The lowest BCUT2D eigenvalue weighted by Crippen LogP contribution is -2.41. The van der Waals surface area contributed by atoms with Crippen LogP contribution in [-0.4, -0.2) is 59.3 Å². The largest absolute Gasteiger partial charge is 0.369 e. The Bertz CT molecular complexity index is 1050. The van der Waals surface area contributed by atoms with E-state index in [9.17, 15) is 9.59 Å². The highest BCUT2D eigenvalue weighted by atomic mass is 16.2. The van der Waals surface area contributed by atoms with Gasteiger partial charge in [0.05, 0.1) is 16.7 Å². The van der Waals surface area contributed by atoms with Crippen LogP contribution in [0, 0.1) is 31.1 Å². The number of fused-ring (bicyclic) bond motifs is 1. The minimum atomic E-state index is -0.417. The van der Waals surface area contributed by atoms with Crippen LogP contribution in [-0.2, 0) is 4.79 Å². The fraction of sp³-hybridized carbons (Fsp3) is 0.552. The van der Waals surface area contributed by atoms with Gasteiger partial charge in [-0.3, -0.25) is 14.6 Å². The van der Waals surface area contributed by atoms with Crippen molar-refractivity contribution in [2.24, 2.45) is 23.0 Å². The highest BCUT2D eigenvalue weighted by Crippen LogP contribution is 2.50. The molecule has 2 N–H and O–H groups in total. The predicted octanol–water partition coefficient (Wildman–Crippen LogP) is 3.92. The molecular formula is C29H38N4O2. The number of primary amides is 1. The van der Waals surface area contributed by atoms with E-state index < -0.39 is 5.41 Å². The number of rotatable bonds is 7. The number of nitrogens with zero attached hydrogens (tertiary/aromatic N) is 3. The molecule has 1 aliphatic carbocycles. The van der Waals surface area contributed by atoms with E-state index in [2.05, 4.69) is 34.1 Å². The molecule has 186 valence electrons. The minimum Gasteiger partial charge on any atom is -0.369 e. The second-order valence-corrected chi connectivity index (χ2v) is 11.1. The highest BCUT2D eigenvalue weighted by Gasteiger charge is 2.47. The van der Waals surface area contributed by atoms with Crippen molar-refractivity contribution in [2.45, 2.75) is 51.9 Å². The number of nitrogens with two attached hydrogens (primary N) is 1. The van der Waals surface area contributed by atoms with Gasteiger partial charge in [0.1, 0.15) is 0 Å². The summed E-state index contributed by atoms with van der Waals surface area (Å²) >= 11 is 0. The number of hydrogen-bond acceptors (Lipinski definition) is 4. The van der Waals surface area contributed by atoms with Crippen molar-refractivity contribution >= 4 is 11.8 Å². The summed E-state index contributed by atoms with van der Waals surface area (Å²) < 4.78 is 0. The van der Waals surface area contributed by atoms with Gasteiger partial charge in [-0.15, -0.1) is 0 Å². The number of benzene rings is 1. The maximum atomic E-state index is 13.2. The molecule has 2 amide bonds. The standard InChI is InChI=1S/C29H38N4O2/c1-20-10-14-31-21(2)26(20)27(34)33-18-23-16-32(17-24(23)19-33)15-11-25(22-8-4-3-5-9-22)29(28(30)35)12-6-7-13-29/h3-5,8-10,14,23-25H,6-7,11-13,15-19H2,1-2H3,(H2,30,35)/t23?,24?,25-/m0/s1. The number of carbonyl (C=O) groups is 2. The number of pyridine rings is 1. The summed E-state index contributed by atoms with van der Waals surface area (Å²) in [6.07, 6.45) is 6.69. The molecular weight excluding hydrogens is 436 g/mol. The lowest BCUT2D eigenvalue weighted by Gasteiger charge is -2.36. The zero-order valence-corrected chi connectivity index (χ0v) is 21.1. The number of amides is 2. The molecule has 0 radical (unpaired) electrons. The first-order valence-electron chi connectivity index (χ1n) is 13.2. The lowest BCUT2D eigenvalue weighted by atomic mass is 9.68. The Morgan fingerprint density at radius 3 is 2.29 bits per heavy atom. The Morgan fingerprint density at radius 1 is 1.03 bits per heavy atom. The van der Waals surface area contributed by atoms with Crippen molar-refractivity contribution in [2.75, 3.05) is 32.7 Å². The summed E-state index contributed by atoms with van der Waals surface area (Å²) in [7, 11) is 0. The molecule has 2 unspecified atom stereocenters. The van der Waals surface area contributed by atoms with Crippen LogP contribution >= 0.6 is 0 Å². The molecule has 3 heterocycles. The highest BCUT2D eigenvalue weighted by molar-refractivity contribution is 5.96. The fourth-order valence-electron chi connectivity index (χ4n) is 7.15. The van der Waals surface area contributed by atoms with E-state index in [0.29, 0.717) is 11.8 Å². The van der Waals surface area contributed by atoms with E-state index in [4.69, 9.17) is 5.73 Å². The van der Waals surface area contributed by atoms with Crippen molar-refractivity contribution in [1.29, 1.82) is 0 Å². The third kappa shape index (κ3) is 4.49. The number of aryl methyl sites for hydroxylation is 2. The molecule has 3 fully saturated rings. The normalized spacial score (nSPS) is 24.5. The van der Waals surface area contributed by atoms with Crippen LogP contribution in [0.4, 0.5) is 0 Å². The summed E-state index contributed by atoms with van der Waals surface area (Å²) in [5.41, 5.74) is 9.46. The monoisotopic (exact) mass is 474 g/mol. The fourth-order valence-corrected chi connectivity index (χ4v) is 7.15. The molecule has 3 aliphatic rings. The predicted molar refractivity (Wildman–Crippen MR) is 137 cm³/mol. The average molecular weight is 475 g/mol. The molecule has 0 bridgehead atoms. The van der Waals surface area contributed by atoms with Crippen LogP contribution in [0.25, 0.3) is 0 Å². The van der Waals surface area contributed by atoms with E-state index in [1.807, 2.05) is 30.9 Å². The van der Waals surface area contributed by atoms with Crippen molar-refractivity contribution in [3.8, 4) is 0 Å². The Hall–Kier alpha value is -2.73. The number of carbonyl (C=O) groups excluding carboxylic acids is 2. The number of hydrogen-bond donors (Lipinski definition) is 1. The molecule has 2 aliphatic heterocycles. The quantitative estimate of drug-likeness (QED) is 0.660. The Balaban J connectivity index is 1.23. The molecule has 1 aromatic carbocycles. The zero-order valence-electron chi connectivity index (χ0n) is 21.1. The zero-order chi connectivity index (χ0) is 24.6. The van der Waals surface area contributed by atoms with Crippen LogP contribution in [0.15, 0.2) is 42.6 Å². The first kappa shape index (κ1) is 24.0. The van der Waals surface area contributed by atoms with E-state index in [-0.39, 0.29) is 17.7 Å². The maximum Gasteiger partial charge on any atom is 0.255 e. The minimum absolute atomic E-state index is 0.128. The Morgan fingerprint density at radius 2 is 1.69 bits per heavy atom. The first-order valence-corrected chi connectivity index (χ1v) is 13.2. The Kier molecular flexibility index (Phi) is 6.67. The molecule has 6 nitrogen and oxygen atoms in total. The summed E-state index contributed by atoms with van der Waals surface area (Å²) in [6.45, 7) is 8.56. The van der Waals surface area contributed by atoms with Crippen molar-refractivity contribution in [3.05, 3.63) is 65.0 Å². The molecule has 35 heavy (non-hydrogen) atoms. The van der Waals surface area contributed by atoms with Gasteiger partial charge in [-0.25, -0.2) is 0 Å². The van der Waals surface area contributed by atoms with E-state index in [0.717, 1.165) is 81.6 Å². The third-order valence-electron chi connectivity index (χ3n) is 9.00. The number of aromatic nitrogens is 1.